The van der Waals surface area contributed by atoms with Crippen molar-refractivity contribution in [2.75, 3.05) is 7.11 Å². The Bertz CT molecular complexity index is 590. The molecule has 2 rings (SSSR count). The molecule has 0 spiro atoms. The normalized spacial score (nSPS) is 10.7. The Labute approximate surface area is 164 Å². The monoisotopic (exact) mass is 320 g/mol. The van der Waals surface area contributed by atoms with Crippen LogP contribution < -0.4 is 66.3 Å². The van der Waals surface area contributed by atoms with E-state index in [9.17, 15) is 12.9 Å². The molecule has 0 radical (unpaired) electrons. The Kier molecular flexibility index (Phi) is 7.29. The molecule has 2 aromatic carbocycles. The SMILES string of the molecule is COc1cccc(COc2cccc([B-](F)(F)F)c2)c1.[K+]. The van der Waals surface area contributed by atoms with Crippen molar-refractivity contribution in [1.29, 1.82) is 0 Å². The maximum absolute atomic E-state index is 12.6. The van der Waals surface area contributed by atoms with E-state index in [1.165, 1.54) is 12.1 Å². The van der Waals surface area contributed by atoms with Gasteiger partial charge in [0, 0.05) is 0 Å². The van der Waals surface area contributed by atoms with Crippen LogP contribution >= 0.6 is 0 Å². The molecule has 0 aliphatic rings. The van der Waals surface area contributed by atoms with Gasteiger partial charge in [-0.05, 0) is 29.8 Å². The molecule has 0 aliphatic heterocycles. The molecule has 0 saturated carbocycles. The first-order chi connectivity index (χ1) is 9.49. The summed E-state index contributed by atoms with van der Waals surface area (Å²) in [4.78, 5) is 0. The Balaban J connectivity index is 0.00000220. The van der Waals surface area contributed by atoms with Gasteiger partial charge in [-0.3, -0.25) is 0 Å². The molecule has 2 aromatic rings. The van der Waals surface area contributed by atoms with Crippen LogP contribution in [-0.2, 0) is 6.61 Å². The van der Waals surface area contributed by atoms with Crippen molar-refractivity contribution in [2.24, 2.45) is 0 Å². The van der Waals surface area contributed by atoms with E-state index in [1.807, 2.05) is 6.07 Å². The first-order valence-electron chi connectivity index (χ1n) is 6.04. The van der Waals surface area contributed by atoms with Gasteiger partial charge in [0.2, 0.25) is 0 Å². The van der Waals surface area contributed by atoms with Crippen LogP contribution in [0.5, 0.6) is 11.5 Å². The van der Waals surface area contributed by atoms with Gasteiger partial charge in [0.1, 0.15) is 18.1 Å². The summed E-state index contributed by atoms with van der Waals surface area (Å²) < 4.78 is 48.3. The average molecular weight is 320 g/mol. The van der Waals surface area contributed by atoms with Crippen LogP contribution in [0.3, 0.4) is 0 Å². The fraction of sp³-hybridized carbons (Fsp3) is 0.143. The molecule has 2 nitrogen and oxygen atoms in total. The largest absolute Gasteiger partial charge is 1.00 e. The van der Waals surface area contributed by atoms with Gasteiger partial charge in [-0.2, -0.15) is 0 Å². The third kappa shape index (κ3) is 5.67. The van der Waals surface area contributed by atoms with E-state index in [4.69, 9.17) is 9.47 Å². The first-order valence-corrected chi connectivity index (χ1v) is 6.04. The summed E-state index contributed by atoms with van der Waals surface area (Å²) in [6, 6.07) is 12.1. The minimum atomic E-state index is -5.01. The Morgan fingerprint density at radius 2 is 1.62 bits per heavy atom. The third-order valence-corrected chi connectivity index (χ3v) is 2.78. The number of halogens is 3. The summed E-state index contributed by atoms with van der Waals surface area (Å²) in [6.07, 6.45) is 0. The molecule has 7 heteroatoms. The van der Waals surface area contributed by atoms with Gasteiger partial charge >= 0.3 is 58.4 Å². The topological polar surface area (TPSA) is 18.5 Å². The summed E-state index contributed by atoms with van der Waals surface area (Å²) in [5, 5.41) is 0. The predicted molar refractivity (Wildman–Crippen MR) is 72.5 cm³/mol. The second-order valence-corrected chi connectivity index (χ2v) is 4.29. The van der Waals surface area contributed by atoms with Crippen molar-refractivity contribution in [3.05, 3.63) is 54.1 Å². The number of ether oxygens (including phenoxy) is 2. The Hall–Kier alpha value is -0.469. The van der Waals surface area contributed by atoms with E-state index in [1.54, 1.807) is 25.3 Å². The van der Waals surface area contributed by atoms with E-state index in [0.717, 1.165) is 17.7 Å². The van der Waals surface area contributed by atoms with Crippen molar-refractivity contribution in [3.8, 4) is 11.5 Å². The van der Waals surface area contributed by atoms with Crippen molar-refractivity contribution in [3.63, 3.8) is 0 Å². The van der Waals surface area contributed by atoms with Gasteiger partial charge in [0.05, 0.1) is 7.11 Å². The average Bonchev–Trinajstić information content (AvgIpc) is 2.45. The maximum atomic E-state index is 12.6. The maximum Gasteiger partial charge on any atom is 1.00 e. The first kappa shape index (κ1) is 18.6. The summed E-state index contributed by atoms with van der Waals surface area (Å²) in [5.41, 5.74) is 0.167. The van der Waals surface area contributed by atoms with Crippen LogP contribution in [0.2, 0.25) is 0 Å². The Morgan fingerprint density at radius 1 is 0.952 bits per heavy atom. The molecule has 0 amide bonds. The van der Waals surface area contributed by atoms with E-state index >= 15 is 0 Å². The molecular weight excluding hydrogens is 307 g/mol. The second-order valence-electron chi connectivity index (χ2n) is 4.29. The van der Waals surface area contributed by atoms with Crippen LogP contribution in [0.1, 0.15) is 5.56 Å². The molecule has 0 N–H and O–H groups in total. The summed E-state index contributed by atoms with van der Waals surface area (Å²) in [7, 11) is 1.55. The van der Waals surface area contributed by atoms with E-state index < -0.39 is 12.4 Å². The molecule has 0 bridgehead atoms. The second kappa shape index (κ2) is 8.24. The Morgan fingerprint density at radius 3 is 2.29 bits per heavy atom. The smallest absolute Gasteiger partial charge is 0.497 e. The van der Waals surface area contributed by atoms with Crippen molar-refractivity contribution >= 4 is 12.4 Å². The van der Waals surface area contributed by atoms with Crippen molar-refractivity contribution in [1.82, 2.24) is 0 Å². The zero-order valence-corrected chi connectivity index (χ0v) is 15.0. The molecule has 0 unspecified atom stereocenters. The van der Waals surface area contributed by atoms with Crippen LogP contribution in [0, 0.1) is 0 Å². The molecule has 0 fully saturated rings. The van der Waals surface area contributed by atoms with Gasteiger partial charge < -0.3 is 22.4 Å². The van der Waals surface area contributed by atoms with Crippen LogP contribution in [0.15, 0.2) is 48.5 Å². The number of methoxy groups -OCH3 is 1. The van der Waals surface area contributed by atoms with Gasteiger partial charge in [-0.25, -0.2) is 0 Å². The molecule has 0 saturated heterocycles. The molecule has 0 aliphatic carbocycles. The molecular formula is C14H13BF3KO2. The molecule has 21 heavy (non-hydrogen) atoms. The zero-order chi connectivity index (χ0) is 14.6. The molecule has 0 aromatic heterocycles. The van der Waals surface area contributed by atoms with Gasteiger partial charge in [-0.15, -0.1) is 5.46 Å². The summed E-state index contributed by atoms with van der Waals surface area (Å²) in [6.45, 7) is -4.82. The van der Waals surface area contributed by atoms with Crippen LogP contribution in [0.25, 0.3) is 0 Å². The molecule has 106 valence electrons. The minimum Gasteiger partial charge on any atom is -0.497 e. The zero-order valence-electron chi connectivity index (χ0n) is 11.9. The van der Waals surface area contributed by atoms with Crippen molar-refractivity contribution < 1.29 is 73.8 Å². The van der Waals surface area contributed by atoms with Crippen molar-refractivity contribution in [2.45, 2.75) is 6.61 Å². The summed E-state index contributed by atoms with van der Waals surface area (Å²) >= 11 is 0. The van der Waals surface area contributed by atoms with Gasteiger partial charge in [-0.1, -0.05) is 24.3 Å². The van der Waals surface area contributed by atoms with Gasteiger partial charge in [0.25, 0.3) is 0 Å². The van der Waals surface area contributed by atoms with Crippen LogP contribution in [-0.4, -0.2) is 14.1 Å². The molecule has 0 heterocycles. The van der Waals surface area contributed by atoms with E-state index in [0.29, 0.717) is 5.75 Å². The fourth-order valence-corrected chi connectivity index (χ4v) is 1.74. The number of hydrogen-bond donors (Lipinski definition) is 0. The fourth-order valence-electron chi connectivity index (χ4n) is 1.74. The number of rotatable bonds is 5. The number of benzene rings is 2. The standard InChI is InChI=1S/C14H13BF3O2.K/c1-19-13-6-2-4-11(8-13)10-20-14-7-3-5-12(9-14)15(16,17)18;/h2-9H,10H2,1H3;/q-1;+1. The quantitative estimate of drug-likeness (QED) is 0.740. The van der Waals surface area contributed by atoms with E-state index in [2.05, 4.69) is 0 Å². The minimum absolute atomic E-state index is 0. The summed E-state index contributed by atoms with van der Waals surface area (Å²) in [5.74, 6) is 0.878. The third-order valence-electron chi connectivity index (χ3n) is 2.78. The number of hydrogen-bond acceptors (Lipinski definition) is 2. The van der Waals surface area contributed by atoms with Gasteiger partial charge in [0.15, 0.2) is 0 Å². The van der Waals surface area contributed by atoms with Crippen LogP contribution in [0.4, 0.5) is 12.9 Å². The van der Waals surface area contributed by atoms with E-state index in [-0.39, 0.29) is 63.7 Å². The molecule has 0 atom stereocenters. The predicted octanol–water partition coefficient (Wildman–Crippen LogP) is 0.333.